The second-order valence-electron chi connectivity index (χ2n) is 3.20. The molecule has 1 heterocycles. The van der Waals surface area contributed by atoms with Crippen molar-refractivity contribution in [2.45, 2.75) is 0 Å². The monoisotopic (exact) mass is 229 g/mol. The van der Waals surface area contributed by atoms with Gasteiger partial charge in [-0.1, -0.05) is 6.07 Å². The lowest BCUT2D eigenvalue weighted by molar-refractivity contribution is 0.624. The molecular weight excluding hydrogens is 221 g/mol. The first-order chi connectivity index (χ1) is 8.20. The van der Waals surface area contributed by atoms with Gasteiger partial charge in [0.25, 0.3) is 0 Å². The topological polar surface area (TPSA) is 87.6 Å². The first-order valence-electron chi connectivity index (χ1n) is 4.75. The van der Waals surface area contributed by atoms with E-state index in [4.69, 9.17) is 11.0 Å². The number of nitrogens with zero attached hydrogens (tertiary/aromatic N) is 3. The lowest BCUT2D eigenvalue weighted by Gasteiger charge is -2.07. The van der Waals surface area contributed by atoms with Gasteiger partial charge in [0.15, 0.2) is 0 Å². The highest BCUT2D eigenvalue weighted by atomic mass is 19.1. The number of benzene rings is 1. The molecule has 84 valence electrons. The minimum atomic E-state index is -0.584. The van der Waals surface area contributed by atoms with E-state index in [1.54, 1.807) is 18.2 Å². The summed E-state index contributed by atoms with van der Waals surface area (Å²) in [6, 6.07) is 7.67. The van der Waals surface area contributed by atoms with Crippen LogP contribution in [0, 0.1) is 17.1 Å². The van der Waals surface area contributed by atoms with E-state index in [1.165, 1.54) is 18.3 Å². The molecule has 0 aliphatic carbocycles. The highest BCUT2D eigenvalue weighted by Gasteiger charge is 2.08. The summed E-state index contributed by atoms with van der Waals surface area (Å²) in [5, 5.41) is 11.7. The number of hydrogen-bond acceptors (Lipinski definition) is 5. The molecule has 0 aliphatic heterocycles. The van der Waals surface area contributed by atoms with Crippen molar-refractivity contribution < 1.29 is 4.39 Å². The van der Waals surface area contributed by atoms with E-state index < -0.39 is 5.82 Å². The normalized spacial score (nSPS) is 9.65. The Morgan fingerprint density at radius 2 is 2.18 bits per heavy atom. The van der Waals surface area contributed by atoms with Crippen LogP contribution in [0.4, 0.5) is 21.8 Å². The highest BCUT2D eigenvalue weighted by molar-refractivity contribution is 5.64. The van der Waals surface area contributed by atoms with Gasteiger partial charge in [0.05, 0.1) is 5.69 Å². The van der Waals surface area contributed by atoms with Crippen molar-refractivity contribution in [3.05, 3.63) is 41.8 Å². The van der Waals surface area contributed by atoms with Gasteiger partial charge in [0, 0.05) is 6.20 Å². The van der Waals surface area contributed by atoms with Crippen molar-refractivity contribution >= 4 is 17.5 Å². The van der Waals surface area contributed by atoms with Gasteiger partial charge in [-0.05, 0) is 18.2 Å². The van der Waals surface area contributed by atoms with E-state index >= 15 is 0 Å². The van der Waals surface area contributed by atoms with Crippen molar-refractivity contribution in [1.82, 2.24) is 9.97 Å². The fourth-order valence-corrected chi connectivity index (χ4v) is 1.32. The second kappa shape index (κ2) is 4.45. The van der Waals surface area contributed by atoms with Crippen LogP contribution in [-0.4, -0.2) is 9.97 Å². The van der Waals surface area contributed by atoms with Gasteiger partial charge < -0.3 is 11.1 Å². The zero-order valence-electron chi connectivity index (χ0n) is 8.68. The number of hydrogen-bond donors (Lipinski definition) is 2. The van der Waals surface area contributed by atoms with E-state index in [1.807, 2.05) is 0 Å². The molecule has 0 atom stereocenters. The Morgan fingerprint density at radius 1 is 1.35 bits per heavy atom. The van der Waals surface area contributed by atoms with Gasteiger partial charge in [-0.2, -0.15) is 10.2 Å². The molecule has 0 radical (unpaired) electrons. The smallest absolute Gasteiger partial charge is 0.221 e. The SMILES string of the molecule is N#Cc1c(F)cccc1Nc1ccnc(N)n1. The number of nitrogens with one attached hydrogen (secondary N) is 1. The van der Waals surface area contributed by atoms with Crippen molar-refractivity contribution in [2.75, 3.05) is 11.1 Å². The fourth-order valence-electron chi connectivity index (χ4n) is 1.32. The molecule has 1 aromatic heterocycles. The molecule has 0 fully saturated rings. The third-order valence-corrected chi connectivity index (χ3v) is 2.06. The van der Waals surface area contributed by atoms with Gasteiger partial charge in [0.1, 0.15) is 23.3 Å². The summed E-state index contributed by atoms with van der Waals surface area (Å²) in [4.78, 5) is 7.63. The maximum atomic E-state index is 13.3. The van der Waals surface area contributed by atoms with Crippen LogP contribution in [0.15, 0.2) is 30.5 Å². The van der Waals surface area contributed by atoms with Crippen molar-refractivity contribution in [1.29, 1.82) is 5.26 Å². The number of anilines is 3. The predicted octanol–water partition coefficient (Wildman–Crippen LogP) is 1.81. The van der Waals surface area contributed by atoms with Gasteiger partial charge in [-0.25, -0.2) is 9.37 Å². The highest BCUT2D eigenvalue weighted by Crippen LogP contribution is 2.21. The third kappa shape index (κ3) is 2.29. The summed E-state index contributed by atoms with van der Waals surface area (Å²) in [5.41, 5.74) is 5.68. The van der Waals surface area contributed by atoms with Crippen LogP contribution >= 0.6 is 0 Å². The molecular formula is C11H8FN5. The zero-order valence-corrected chi connectivity index (χ0v) is 8.68. The van der Waals surface area contributed by atoms with Gasteiger partial charge in [-0.15, -0.1) is 0 Å². The predicted molar refractivity (Wildman–Crippen MR) is 60.8 cm³/mol. The number of aromatic nitrogens is 2. The maximum absolute atomic E-state index is 13.3. The van der Waals surface area contributed by atoms with Gasteiger partial charge >= 0.3 is 0 Å². The Balaban J connectivity index is 2.37. The number of rotatable bonds is 2. The van der Waals surface area contributed by atoms with Crippen molar-refractivity contribution in [3.8, 4) is 6.07 Å². The van der Waals surface area contributed by atoms with Gasteiger partial charge in [0.2, 0.25) is 5.95 Å². The first-order valence-corrected chi connectivity index (χ1v) is 4.75. The van der Waals surface area contributed by atoms with Crippen molar-refractivity contribution in [3.63, 3.8) is 0 Å². The Hall–Kier alpha value is -2.68. The molecule has 2 rings (SSSR count). The average Bonchev–Trinajstić information content (AvgIpc) is 2.29. The summed E-state index contributed by atoms with van der Waals surface area (Å²) >= 11 is 0. The standard InChI is InChI=1S/C11H8FN5/c12-8-2-1-3-9(7(8)6-13)16-10-4-5-15-11(14)17-10/h1-5H,(H3,14,15,16,17). The van der Waals surface area contributed by atoms with Crippen LogP contribution in [0.1, 0.15) is 5.56 Å². The Kier molecular flexibility index (Phi) is 2.83. The summed E-state index contributed by atoms with van der Waals surface area (Å²) in [6.07, 6.45) is 1.47. The second-order valence-corrected chi connectivity index (χ2v) is 3.20. The van der Waals surface area contributed by atoms with E-state index in [0.29, 0.717) is 11.5 Å². The molecule has 6 heteroatoms. The summed E-state index contributed by atoms with van der Waals surface area (Å²) in [6.45, 7) is 0. The molecule has 5 nitrogen and oxygen atoms in total. The Labute approximate surface area is 96.7 Å². The van der Waals surface area contributed by atoms with E-state index in [2.05, 4.69) is 15.3 Å². The molecule has 0 bridgehead atoms. The Morgan fingerprint density at radius 3 is 2.88 bits per heavy atom. The summed E-state index contributed by atoms with van der Waals surface area (Å²) in [5.74, 6) is -0.0796. The summed E-state index contributed by atoms with van der Waals surface area (Å²) in [7, 11) is 0. The molecule has 2 aromatic rings. The van der Waals surface area contributed by atoms with Crippen LogP contribution < -0.4 is 11.1 Å². The number of halogens is 1. The third-order valence-electron chi connectivity index (χ3n) is 2.06. The van der Waals surface area contributed by atoms with Gasteiger partial charge in [-0.3, -0.25) is 0 Å². The Bertz CT molecular complexity index is 591. The van der Waals surface area contributed by atoms with Crippen molar-refractivity contribution in [2.24, 2.45) is 0 Å². The zero-order chi connectivity index (χ0) is 12.3. The fraction of sp³-hybridized carbons (Fsp3) is 0. The van der Waals surface area contributed by atoms with E-state index in [0.717, 1.165) is 0 Å². The lowest BCUT2D eigenvalue weighted by Crippen LogP contribution is -2.01. The van der Waals surface area contributed by atoms with E-state index in [-0.39, 0.29) is 11.5 Å². The van der Waals surface area contributed by atoms with Crippen LogP contribution in [0.3, 0.4) is 0 Å². The average molecular weight is 229 g/mol. The molecule has 3 N–H and O–H groups in total. The van der Waals surface area contributed by atoms with Crippen LogP contribution in [0.25, 0.3) is 0 Å². The summed E-state index contributed by atoms with van der Waals surface area (Å²) < 4.78 is 13.3. The number of nitriles is 1. The van der Waals surface area contributed by atoms with Crippen LogP contribution in [0.5, 0.6) is 0 Å². The molecule has 0 saturated carbocycles. The maximum Gasteiger partial charge on any atom is 0.221 e. The first kappa shape index (κ1) is 10.8. The lowest BCUT2D eigenvalue weighted by atomic mass is 10.2. The molecule has 17 heavy (non-hydrogen) atoms. The van der Waals surface area contributed by atoms with Crippen LogP contribution in [0.2, 0.25) is 0 Å². The quantitative estimate of drug-likeness (QED) is 0.819. The molecule has 0 unspecified atom stereocenters. The largest absolute Gasteiger partial charge is 0.368 e. The molecule has 0 aliphatic rings. The molecule has 0 spiro atoms. The molecule has 0 amide bonds. The van der Waals surface area contributed by atoms with Crippen LogP contribution in [-0.2, 0) is 0 Å². The molecule has 0 saturated heterocycles. The van der Waals surface area contributed by atoms with E-state index in [9.17, 15) is 4.39 Å². The minimum Gasteiger partial charge on any atom is -0.368 e. The number of nitrogen functional groups attached to an aromatic ring is 1. The number of nitrogens with two attached hydrogens (primary N) is 1. The molecule has 1 aromatic carbocycles. The minimum absolute atomic E-state index is 0.0651.